The monoisotopic (exact) mass is 337 g/mol. The zero-order valence-electron chi connectivity index (χ0n) is 12.6. The van der Waals surface area contributed by atoms with Gasteiger partial charge in [-0.2, -0.15) is 4.31 Å². The number of aryl methyl sites for hydroxylation is 2. The van der Waals surface area contributed by atoms with Crippen molar-refractivity contribution in [3.05, 3.63) is 47.9 Å². The maximum atomic E-state index is 12.9. The van der Waals surface area contributed by atoms with Crippen LogP contribution in [0.4, 0.5) is 0 Å². The summed E-state index contributed by atoms with van der Waals surface area (Å²) in [7, 11) is -3.57. The molecule has 1 unspecified atom stereocenters. The highest BCUT2D eigenvalue weighted by Gasteiger charge is 2.38. The maximum absolute atomic E-state index is 12.9. The van der Waals surface area contributed by atoms with E-state index in [0.717, 1.165) is 17.1 Å². The molecule has 1 atom stereocenters. The third kappa shape index (κ3) is 2.68. The van der Waals surface area contributed by atoms with Gasteiger partial charge in [-0.3, -0.25) is 0 Å². The average molecular weight is 337 g/mol. The Morgan fingerprint density at radius 2 is 2.05 bits per heavy atom. The van der Waals surface area contributed by atoms with E-state index in [1.165, 1.54) is 0 Å². The fraction of sp³-hybridized carbons (Fsp3) is 0.400. The van der Waals surface area contributed by atoms with Gasteiger partial charge >= 0.3 is 0 Å². The van der Waals surface area contributed by atoms with E-state index in [0.29, 0.717) is 13.1 Å². The first-order valence-electron chi connectivity index (χ1n) is 7.26. The van der Waals surface area contributed by atoms with E-state index in [1.807, 2.05) is 48.7 Å². The van der Waals surface area contributed by atoms with Crippen molar-refractivity contribution < 1.29 is 8.42 Å². The highest BCUT2D eigenvalue weighted by Crippen LogP contribution is 2.41. The Labute approximate surface area is 135 Å². The summed E-state index contributed by atoms with van der Waals surface area (Å²) in [6, 6.07) is 9.76. The first-order valence-corrected chi connectivity index (χ1v) is 9.75. The third-order valence-electron chi connectivity index (χ3n) is 3.80. The van der Waals surface area contributed by atoms with Crippen LogP contribution in [-0.2, 0) is 16.6 Å². The smallest absolute Gasteiger partial charge is 0.263 e. The van der Waals surface area contributed by atoms with E-state index >= 15 is 0 Å². The fourth-order valence-electron chi connectivity index (χ4n) is 2.62. The number of benzene rings is 1. The largest absolute Gasteiger partial charge is 0.334 e. The molecule has 1 fully saturated rings. The number of aromatic nitrogens is 2. The molecule has 118 valence electrons. The third-order valence-corrected chi connectivity index (χ3v) is 6.93. The molecule has 1 aliphatic rings. The summed E-state index contributed by atoms with van der Waals surface area (Å²) in [5.74, 6) is 1.52. The second kappa shape index (κ2) is 6.06. The van der Waals surface area contributed by atoms with E-state index in [2.05, 4.69) is 4.98 Å². The summed E-state index contributed by atoms with van der Waals surface area (Å²) in [4.78, 5) is 4.25. The van der Waals surface area contributed by atoms with Crippen LogP contribution in [-0.4, -0.2) is 34.6 Å². The van der Waals surface area contributed by atoms with Crippen molar-refractivity contribution in [1.82, 2.24) is 13.9 Å². The van der Waals surface area contributed by atoms with Gasteiger partial charge in [0, 0.05) is 25.0 Å². The molecular formula is C15H19N3O2S2. The molecule has 5 nitrogen and oxygen atoms in total. The van der Waals surface area contributed by atoms with Crippen LogP contribution < -0.4 is 0 Å². The minimum Gasteiger partial charge on any atom is -0.334 e. The van der Waals surface area contributed by atoms with E-state index < -0.39 is 10.0 Å². The summed E-state index contributed by atoms with van der Waals surface area (Å²) < 4.78 is 29.3. The van der Waals surface area contributed by atoms with Crippen LogP contribution in [0.15, 0.2) is 41.6 Å². The minimum atomic E-state index is -3.57. The van der Waals surface area contributed by atoms with E-state index in [9.17, 15) is 8.42 Å². The molecule has 22 heavy (non-hydrogen) atoms. The second-order valence-corrected chi connectivity index (χ2v) is 8.19. The SMILES string of the molecule is CCn1cc(S(=O)(=O)N2CCSC2c2ccccc2)nc1C. The molecule has 2 aromatic rings. The number of nitrogens with zero attached hydrogens (tertiary/aromatic N) is 3. The van der Waals surface area contributed by atoms with Gasteiger partial charge in [-0.15, -0.1) is 11.8 Å². The molecule has 7 heteroatoms. The van der Waals surface area contributed by atoms with Crippen LogP contribution in [0.5, 0.6) is 0 Å². The van der Waals surface area contributed by atoms with Crippen LogP contribution in [0.25, 0.3) is 0 Å². The summed E-state index contributed by atoms with van der Waals surface area (Å²) in [5, 5.41) is -0.0198. The predicted octanol–water partition coefficient (Wildman–Crippen LogP) is 2.65. The van der Waals surface area contributed by atoms with E-state index in [1.54, 1.807) is 22.3 Å². The van der Waals surface area contributed by atoms with Crippen molar-refractivity contribution in [3.63, 3.8) is 0 Å². The van der Waals surface area contributed by atoms with Crippen molar-refractivity contribution in [1.29, 1.82) is 0 Å². The number of hydrogen-bond acceptors (Lipinski definition) is 4. The van der Waals surface area contributed by atoms with Crippen molar-refractivity contribution in [2.45, 2.75) is 30.8 Å². The molecule has 0 amide bonds. The van der Waals surface area contributed by atoms with Gasteiger partial charge in [0.25, 0.3) is 10.0 Å². The molecule has 0 saturated carbocycles. The summed E-state index contributed by atoms with van der Waals surface area (Å²) in [5.41, 5.74) is 1.01. The number of rotatable bonds is 4. The van der Waals surface area contributed by atoms with Gasteiger partial charge < -0.3 is 4.57 Å². The molecule has 0 radical (unpaired) electrons. The van der Waals surface area contributed by atoms with Gasteiger partial charge in [0.15, 0.2) is 5.03 Å². The van der Waals surface area contributed by atoms with Gasteiger partial charge in [0.1, 0.15) is 5.82 Å². The Kier molecular flexibility index (Phi) is 4.29. The van der Waals surface area contributed by atoms with Crippen LogP contribution >= 0.6 is 11.8 Å². The highest BCUT2D eigenvalue weighted by molar-refractivity contribution is 8.00. The Morgan fingerprint density at radius 1 is 1.32 bits per heavy atom. The Balaban J connectivity index is 1.97. The molecule has 2 heterocycles. The molecule has 0 aliphatic carbocycles. The molecule has 1 aromatic carbocycles. The van der Waals surface area contributed by atoms with Crippen molar-refractivity contribution in [3.8, 4) is 0 Å². The van der Waals surface area contributed by atoms with Gasteiger partial charge in [-0.1, -0.05) is 30.3 Å². The van der Waals surface area contributed by atoms with Crippen LogP contribution in [0.3, 0.4) is 0 Å². The number of sulfonamides is 1. The first kappa shape index (κ1) is 15.6. The maximum Gasteiger partial charge on any atom is 0.263 e. The van der Waals surface area contributed by atoms with E-state index in [-0.39, 0.29) is 10.4 Å². The quantitative estimate of drug-likeness (QED) is 0.861. The Morgan fingerprint density at radius 3 is 2.68 bits per heavy atom. The van der Waals surface area contributed by atoms with Crippen molar-refractivity contribution in [2.24, 2.45) is 0 Å². The van der Waals surface area contributed by atoms with Crippen LogP contribution in [0.2, 0.25) is 0 Å². The molecule has 1 aliphatic heterocycles. The lowest BCUT2D eigenvalue weighted by atomic mass is 10.2. The van der Waals surface area contributed by atoms with Gasteiger partial charge in [0.05, 0.1) is 5.37 Å². The number of imidazole rings is 1. The summed E-state index contributed by atoms with van der Waals surface area (Å²) in [6.07, 6.45) is 1.63. The molecular weight excluding hydrogens is 318 g/mol. The molecule has 1 aromatic heterocycles. The van der Waals surface area contributed by atoms with Crippen molar-refractivity contribution >= 4 is 21.8 Å². The Hall–Kier alpha value is -1.31. The lowest BCUT2D eigenvalue weighted by Crippen LogP contribution is -2.30. The fourth-order valence-corrected chi connectivity index (χ4v) is 5.86. The van der Waals surface area contributed by atoms with E-state index in [4.69, 9.17) is 0 Å². The average Bonchev–Trinajstić information content (AvgIpc) is 3.15. The van der Waals surface area contributed by atoms with Crippen molar-refractivity contribution in [2.75, 3.05) is 12.3 Å². The van der Waals surface area contributed by atoms with Crippen LogP contribution in [0, 0.1) is 6.92 Å². The first-order chi connectivity index (χ1) is 10.5. The lowest BCUT2D eigenvalue weighted by Gasteiger charge is -2.22. The predicted molar refractivity (Wildman–Crippen MR) is 88.2 cm³/mol. The Bertz CT molecular complexity index is 756. The summed E-state index contributed by atoms with van der Waals surface area (Å²) >= 11 is 1.65. The summed E-state index contributed by atoms with van der Waals surface area (Å²) in [6.45, 7) is 5.04. The molecule has 3 rings (SSSR count). The van der Waals surface area contributed by atoms with Gasteiger partial charge in [0.2, 0.25) is 0 Å². The molecule has 1 saturated heterocycles. The standard InChI is InChI=1S/C15H19N3O2S2/c1-3-17-11-14(16-12(17)2)22(19,20)18-9-10-21-15(18)13-7-5-4-6-8-13/h4-8,11,15H,3,9-10H2,1-2H3. The van der Waals surface area contributed by atoms with Crippen LogP contribution in [0.1, 0.15) is 23.7 Å². The zero-order chi connectivity index (χ0) is 15.7. The van der Waals surface area contributed by atoms with Gasteiger partial charge in [-0.25, -0.2) is 13.4 Å². The molecule has 0 N–H and O–H groups in total. The highest BCUT2D eigenvalue weighted by atomic mass is 32.2. The normalized spacial score (nSPS) is 19.6. The topological polar surface area (TPSA) is 55.2 Å². The number of thioether (sulfide) groups is 1. The number of hydrogen-bond donors (Lipinski definition) is 0. The lowest BCUT2D eigenvalue weighted by molar-refractivity contribution is 0.432. The minimum absolute atomic E-state index is 0.148. The zero-order valence-corrected chi connectivity index (χ0v) is 14.3. The molecule has 0 spiro atoms. The molecule has 0 bridgehead atoms. The second-order valence-electron chi connectivity index (χ2n) is 5.16. The van der Waals surface area contributed by atoms with Gasteiger partial charge in [-0.05, 0) is 19.4 Å².